The second-order valence-electron chi connectivity index (χ2n) is 7.69. The van der Waals surface area contributed by atoms with Gasteiger partial charge in [-0.1, -0.05) is 46.0 Å². The molecule has 3 rings (SSSR count). The van der Waals surface area contributed by atoms with E-state index in [0.717, 1.165) is 6.04 Å². The van der Waals surface area contributed by atoms with Crippen LogP contribution in [0.4, 0.5) is 0 Å². The molecule has 1 spiro atoms. The average Bonchev–Trinajstić information content (AvgIpc) is 2.97. The molecule has 3 fully saturated rings. The van der Waals surface area contributed by atoms with E-state index in [1.54, 1.807) is 0 Å². The number of hydrogen-bond acceptors (Lipinski definition) is 2. The van der Waals surface area contributed by atoms with Crippen molar-refractivity contribution in [2.75, 3.05) is 13.1 Å². The molecule has 2 heteroatoms. The van der Waals surface area contributed by atoms with Gasteiger partial charge in [0.05, 0.1) is 0 Å². The van der Waals surface area contributed by atoms with Crippen LogP contribution in [-0.2, 0) is 0 Å². The molecule has 0 aromatic heterocycles. The van der Waals surface area contributed by atoms with Gasteiger partial charge in [-0.15, -0.1) is 0 Å². The highest BCUT2D eigenvalue weighted by Gasteiger charge is 2.48. The van der Waals surface area contributed by atoms with Crippen molar-refractivity contribution in [2.45, 2.75) is 102 Å². The Hall–Kier alpha value is -0.0800. The first-order valence-electron chi connectivity index (χ1n) is 9.25. The maximum atomic E-state index is 4.01. The second kappa shape index (κ2) is 5.96. The first kappa shape index (κ1) is 14.8. The summed E-state index contributed by atoms with van der Waals surface area (Å²) >= 11 is 0. The summed E-state index contributed by atoms with van der Waals surface area (Å²) in [5, 5.41) is 4.01. The predicted molar refractivity (Wildman–Crippen MR) is 86.1 cm³/mol. The molecule has 1 saturated heterocycles. The highest BCUT2D eigenvalue weighted by molar-refractivity contribution is 5.08. The Bertz CT molecular complexity index is 309. The largest absolute Gasteiger partial charge is 0.308 e. The maximum absolute atomic E-state index is 4.01. The normalized spacial score (nSPS) is 30.9. The molecule has 0 aromatic rings. The third-order valence-electron chi connectivity index (χ3n) is 6.77. The van der Waals surface area contributed by atoms with Crippen LogP contribution < -0.4 is 5.32 Å². The number of nitrogens with zero attached hydrogens (tertiary/aromatic N) is 1. The zero-order chi connectivity index (χ0) is 14.1. The van der Waals surface area contributed by atoms with Crippen molar-refractivity contribution in [3.8, 4) is 0 Å². The molecule has 2 saturated carbocycles. The Morgan fingerprint density at radius 3 is 2.20 bits per heavy atom. The van der Waals surface area contributed by atoms with Crippen molar-refractivity contribution in [2.24, 2.45) is 0 Å². The van der Waals surface area contributed by atoms with Crippen LogP contribution in [0.25, 0.3) is 0 Å². The van der Waals surface area contributed by atoms with Gasteiger partial charge in [-0.3, -0.25) is 4.90 Å². The number of piperazine rings is 1. The fraction of sp³-hybridized carbons (Fsp3) is 1.00. The molecule has 116 valence electrons. The fourth-order valence-electron chi connectivity index (χ4n) is 5.21. The quantitative estimate of drug-likeness (QED) is 0.836. The van der Waals surface area contributed by atoms with E-state index in [4.69, 9.17) is 0 Å². The maximum Gasteiger partial charge on any atom is 0.0332 e. The Labute approximate surface area is 125 Å². The topological polar surface area (TPSA) is 15.3 Å². The highest BCUT2D eigenvalue weighted by Crippen LogP contribution is 2.41. The van der Waals surface area contributed by atoms with Crippen LogP contribution in [0, 0.1) is 0 Å². The van der Waals surface area contributed by atoms with Gasteiger partial charge in [-0.25, -0.2) is 0 Å². The van der Waals surface area contributed by atoms with Gasteiger partial charge in [0.1, 0.15) is 0 Å². The first-order chi connectivity index (χ1) is 9.74. The van der Waals surface area contributed by atoms with Gasteiger partial charge in [0.25, 0.3) is 0 Å². The number of hydrogen-bond donors (Lipinski definition) is 1. The van der Waals surface area contributed by atoms with E-state index in [1.807, 2.05) is 0 Å². The predicted octanol–water partition coefficient (Wildman–Crippen LogP) is 4.10. The summed E-state index contributed by atoms with van der Waals surface area (Å²) < 4.78 is 0. The Morgan fingerprint density at radius 2 is 1.60 bits per heavy atom. The molecule has 0 radical (unpaired) electrons. The zero-order valence-corrected chi connectivity index (χ0v) is 13.7. The summed E-state index contributed by atoms with van der Waals surface area (Å²) in [5.74, 6) is 0. The van der Waals surface area contributed by atoms with Crippen LogP contribution in [0.2, 0.25) is 0 Å². The van der Waals surface area contributed by atoms with Crippen LogP contribution >= 0.6 is 0 Å². The molecule has 1 aliphatic heterocycles. The Kier molecular flexibility index (Phi) is 4.42. The second-order valence-corrected chi connectivity index (χ2v) is 7.69. The Balaban J connectivity index is 1.81. The molecule has 2 aliphatic carbocycles. The molecule has 1 heterocycles. The van der Waals surface area contributed by atoms with E-state index in [9.17, 15) is 0 Å². The van der Waals surface area contributed by atoms with Gasteiger partial charge >= 0.3 is 0 Å². The number of nitrogens with one attached hydrogen (secondary N) is 1. The van der Waals surface area contributed by atoms with Crippen molar-refractivity contribution in [1.82, 2.24) is 10.2 Å². The summed E-state index contributed by atoms with van der Waals surface area (Å²) in [6, 6.07) is 0.878. The Morgan fingerprint density at radius 1 is 0.950 bits per heavy atom. The lowest BCUT2D eigenvalue weighted by atomic mass is 9.79. The van der Waals surface area contributed by atoms with Crippen molar-refractivity contribution in [3.63, 3.8) is 0 Å². The van der Waals surface area contributed by atoms with Crippen molar-refractivity contribution < 1.29 is 0 Å². The van der Waals surface area contributed by atoms with Gasteiger partial charge in [-0.05, 0) is 38.5 Å². The fourth-order valence-corrected chi connectivity index (χ4v) is 5.21. The van der Waals surface area contributed by atoms with Crippen molar-refractivity contribution in [1.29, 1.82) is 0 Å². The third-order valence-corrected chi connectivity index (χ3v) is 6.77. The van der Waals surface area contributed by atoms with Gasteiger partial charge in [0.2, 0.25) is 0 Å². The molecule has 0 bridgehead atoms. The van der Waals surface area contributed by atoms with Crippen LogP contribution in [0.1, 0.15) is 84.5 Å². The van der Waals surface area contributed by atoms with Crippen molar-refractivity contribution in [3.05, 3.63) is 0 Å². The van der Waals surface area contributed by atoms with E-state index in [1.165, 1.54) is 83.7 Å². The summed E-state index contributed by atoms with van der Waals surface area (Å²) in [5.41, 5.74) is 0.918. The molecule has 20 heavy (non-hydrogen) atoms. The molecule has 0 atom stereocenters. The average molecular weight is 278 g/mol. The van der Waals surface area contributed by atoms with Gasteiger partial charge in [0, 0.05) is 30.2 Å². The number of rotatable bonds is 3. The molecule has 0 aromatic carbocycles. The van der Waals surface area contributed by atoms with E-state index in [2.05, 4.69) is 24.1 Å². The molecule has 3 aliphatic rings. The van der Waals surface area contributed by atoms with Gasteiger partial charge in [-0.2, -0.15) is 0 Å². The van der Waals surface area contributed by atoms with E-state index in [-0.39, 0.29) is 0 Å². The highest BCUT2D eigenvalue weighted by atomic mass is 15.3. The molecular weight excluding hydrogens is 244 g/mol. The smallest absolute Gasteiger partial charge is 0.0332 e. The minimum absolute atomic E-state index is 0.440. The summed E-state index contributed by atoms with van der Waals surface area (Å²) in [6.45, 7) is 7.39. The minimum Gasteiger partial charge on any atom is -0.308 e. The standard InChI is InChI=1S/C18H34N2/c1-3-18(4-2)14-19-17(12-8-9-13-17)15-20(18)16-10-6-5-7-11-16/h16,19H,3-15H2,1-2H3. The van der Waals surface area contributed by atoms with Gasteiger partial charge in [0.15, 0.2) is 0 Å². The van der Waals surface area contributed by atoms with Crippen LogP contribution in [0.15, 0.2) is 0 Å². The van der Waals surface area contributed by atoms with Crippen LogP contribution in [-0.4, -0.2) is 35.1 Å². The first-order valence-corrected chi connectivity index (χ1v) is 9.25. The van der Waals surface area contributed by atoms with E-state index >= 15 is 0 Å². The van der Waals surface area contributed by atoms with Gasteiger partial charge < -0.3 is 5.32 Å². The molecular formula is C18H34N2. The minimum atomic E-state index is 0.440. The van der Waals surface area contributed by atoms with Crippen molar-refractivity contribution >= 4 is 0 Å². The molecule has 0 unspecified atom stereocenters. The lowest BCUT2D eigenvalue weighted by molar-refractivity contribution is -0.0413. The monoisotopic (exact) mass is 278 g/mol. The summed E-state index contributed by atoms with van der Waals surface area (Å²) in [4.78, 5) is 2.99. The summed E-state index contributed by atoms with van der Waals surface area (Å²) in [6.07, 6.45) is 15.6. The third kappa shape index (κ3) is 2.54. The van der Waals surface area contributed by atoms with Crippen LogP contribution in [0.5, 0.6) is 0 Å². The lowest BCUT2D eigenvalue weighted by Crippen LogP contribution is -2.71. The molecule has 2 nitrogen and oxygen atoms in total. The van der Waals surface area contributed by atoms with E-state index in [0.29, 0.717) is 11.1 Å². The molecule has 1 N–H and O–H groups in total. The van der Waals surface area contributed by atoms with Crippen LogP contribution in [0.3, 0.4) is 0 Å². The summed E-state index contributed by atoms with van der Waals surface area (Å²) in [7, 11) is 0. The SMILES string of the molecule is CCC1(CC)CNC2(CCCC2)CN1C1CCCCC1. The lowest BCUT2D eigenvalue weighted by Gasteiger charge is -2.57. The zero-order valence-electron chi connectivity index (χ0n) is 13.7. The van der Waals surface area contributed by atoms with E-state index < -0.39 is 0 Å². The molecule has 0 amide bonds.